The van der Waals surface area contributed by atoms with Crippen LogP contribution in [0.15, 0.2) is 48.5 Å². The third-order valence-electron chi connectivity index (χ3n) is 6.27. The molecule has 32 heavy (non-hydrogen) atoms. The van der Waals surface area contributed by atoms with E-state index in [4.69, 9.17) is 4.74 Å². The van der Waals surface area contributed by atoms with Crippen LogP contribution in [0.25, 0.3) is 0 Å². The minimum atomic E-state index is -0.585. The highest BCUT2D eigenvalue weighted by Gasteiger charge is 2.41. The van der Waals surface area contributed by atoms with Gasteiger partial charge in [-0.3, -0.25) is 19.3 Å². The van der Waals surface area contributed by atoms with Crippen LogP contribution in [0.5, 0.6) is 0 Å². The van der Waals surface area contributed by atoms with Crippen LogP contribution in [0.1, 0.15) is 58.5 Å². The molecule has 0 bridgehead atoms. The minimum Gasteiger partial charge on any atom is -0.447 e. The van der Waals surface area contributed by atoms with E-state index >= 15 is 0 Å². The Morgan fingerprint density at radius 1 is 0.969 bits per heavy atom. The van der Waals surface area contributed by atoms with Crippen LogP contribution in [0, 0.1) is 5.92 Å². The van der Waals surface area contributed by atoms with Crippen molar-refractivity contribution in [3.8, 4) is 0 Å². The highest BCUT2D eigenvalue weighted by atomic mass is 16.6. The molecule has 166 valence electrons. The van der Waals surface area contributed by atoms with Crippen molar-refractivity contribution in [3.63, 3.8) is 0 Å². The van der Waals surface area contributed by atoms with Gasteiger partial charge in [0.05, 0.1) is 23.1 Å². The zero-order chi connectivity index (χ0) is 23.0. The van der Waals surface area contributed by atoms with E-state index in [0.717, 1.165) is 11.1 Å². The van der Waals surface area contributed by atoms with E-state index in [2.05, 4.69) is 0 Å². The Balaban J connectivity index is 1.40. The molecule has 0 radical (unpaired) electrons. The Morgan fingerprint density at radius 2 is 1.56 bits per heavy atom. The van der Waals surface area contributed by atoms with Crippen LogP contribution >= 0.6 is 0 Å². The Labute approximate surface area is 187 Å². The van der Waals surface area contributed by atoms with Gasteiger partial charge in [-0.05, 0) is 42.5 Å². The molecule has 1 fully saturated rings. The summed E-state index contributed by atoms with van der Waals surface area (Å²) in [5.41, 5.74) is 2.63. The molecule has 2 aliphatic rings. The maximum atomic E-state index is 13.0. The van der Waals surface area contributed by atoms with Crippen LogP contribution in [0.3, 0.4) is 0 Å². The molecule has 0 aliphatic carbocycles. The Bertz CT molecular complexity index is 1040. The summed E-state index contributed by atoms with van der Waals surface area (Å²) >= 11 is 0. The summed E-state index contributed by atoms with van der Waals surface area (Å²) in [6.07, 6.45) is -0.0693. The van der Waals surface area contributed by atoms with Gasteiger partial charge in [0.15, 0.2) is 0 Å². The number of fused-ring (bicyclic) bond motifs is 1. The number of rotatable bonds is 6. The van der Waals surface area contributed by atoms with Crippen molar-refractivity contribution in [2.24, 2.45) is 5.92 Å². The molecule has 0 unspecified atom stereocenters. The third-order valence-corrected chi connectivity index (χ3v) is 6.27. The number of ether oxygens (including phenoxy) is 1. The lowest BCUT2D eigenvalue weighted by molar-refractivity contribution is -0.131. The van der Waals surface area contributed by atoms with Crippen LogP contribution in [-0.4, -0.2) is 52.8 Å². The molecule has 4 amide bonds. The summed E-state index contributed by atoms with van der Waals surface area (Å²) in [5, 5.41) is 0. The van der Waals surface area contributed by atoms with Gasteiger partial charge in [0.2, 0.25) is 5.91 Å². The molecule has 7 nitrogen and oxygen atoms in total. The molecular weight excluding hydrogens is 408 g/mol. The zero-order valence-electron chi connectivity index (χ0n) is 18.4. The molecule has 2 atom stereocenters. The number of carbonyl (C=O) groups is 4. The average Bonchev–Trinajstić information content (AvgIpc) is 3.30. The maximum absolute atomic E-state index is 13.0. The molecule has 2 aliphatic heterocycles. The molecule has 0 aromatic heterocycles. The number of amides is 4. The summed E-state index contributed by atoms with van der Waals surface area (Å²) in [5.74, 6) is -1.18. The second kappa shape index (κ2) is 8.57. The molecule has 0 saturated carbocycles. The number of carbonyl (C=O) groups excluding carboxylic acids is 4. The van der Waals surface area contributed by atoms with Gasteiger partial charge in [0.1, 0.15) is 6.61 Å². The molecule has 0 spiro atoms. The molecule has 2 aromatic rings. The number of hydrogen-bond acceptors (Lipinski definition) is 5. The van der Waals surface area contributed by atoms with Gasteiger partial charge in [0, 0.05) is 6.54 Å². The normalized spacial score (nSPS) is 18.9. The van der Waals surface area contributed by atoms with E-state index in [0.29, 0.717) is 17.5 Å². The first-order valence-corrected chi connectivity index (χ1v) is 10.8. The zero-order valence-corrected chi connectivity index (χ0v) is 18.4. The number of cyclic esters (lactones) is 1. The molecule has 2 aromatic carbocycles. The van der Waals surface area contributed by atoms with Crippen molar-refractivity contribution in [1.82, 2.24) is 9.80 Å². The second-order valence-electron chi connectivity index (χ2n) is 8.62. The second-order valence-corrected chi connectivity index (χ2v) is 8.62. The monoisotopic (exact) mass is 434 g/mol. The summed E-state index contributed by atoms with van der Waals surface area (Å²) in [6, 6.07) is 14.1. The van der Waals surface area contributed by atoms with E-state index in [-0.39, 0.29) is 42.8 Å². The highest BCUT2D eigenvalue weighted by Crippen LogP contribution is 2.27. The Hall–Kier alpha value is -3.48. The standard InChI is InChI=1S/C25H26N2O5/c1-15(2)21-14-32-25(31)27(21)22(28)16(3)18-10-8-17(9-11-18)12-13-26-23(29)19-6-4-5-7-20(19)24(26)30/h4-11,15-16,21H,12-14H2,1-3H3/t16-,21+/m0/s1. The first-order chi connectivity index (χ1) is 15.3. The smallest absolute Gasteiger partial charge is 0.417 e. The van der Waals surface area contributed by atoms with E-state index in [1.807, 2.05) is 38.1 Å². The van der Waals surface area contributed by atoms with Crippen molar-refractivity contribution in [2.75, 3.05) is 13.2 Å². The fourth-order valence-corrected chi connectivity index (χ4v) is 4.19. The van der Waals surface area contributed by atoms with Gasteiger partial charge in [-0.2, -0.15) is 0 Å². The number of hydrogen-bond donors (Lipinski definition) is 0. The highest BCUT2D eigenvalue weighted by molar-refractivity contribution is 6.21. The maximum Gasteiger partial charge on any atom is 0.417 e. The predicted molar refractivity (Wildman–Crippen MR) is 117 cm³/mol. The molecule has 0 N–H and O–H groups in total. The van der Waals surface area contributed by atoms with Crippen molar-refractivity contribution in [1.29, 1.82) is 0 Å². The predicted octanol–water partition coefficient (Wildman–Crippen LogP) is 3.63. The number of benzene rings is 2. The largest absolute Gasteiger partial charge is 0.447 e. The van der Waals surface area contributed by atoms with Gasteiger partial charge < -0.3 is 4.74 Å². The molecule has 4 rings (SSSR count). The first-order valence-electron chi connectivity index (χ1n) is 10.8. The van der Waals surface area contributed by atoms with E-state index in [9.17, 15) is 19.2 Å². The van der Waals surface area contributed by atoms with E-state index < -0.39 is 12.0 Å². The van der Waals surface area contributed by atoms with Crippen molar-refractivity contribution in [3.05, 3.63) is 70.8 Å². The minimum absolute atomic E-state index is 0.113. The Morgan fingerprint density at radius 3 is 2.12 bits per heavy atom. The molecule has 1 saturated heterocycles. The van der Waals surface area contributed by atoms with Crippen LogP contribution in [0.4, 0.5) is 4.79 Å². The van der Waals surface area contributed by atoms with Gasteiger partial charge >= 0.3 is 6.09 Å². The van der Waals surface area contributed by atoms with Gasteiger partial charge in [-0.25, -0.2) is 9.69 Å². The van der Waals surface area contributed by atoms with Crippen LogP contribution < -0.4 is 0 Å². The lowest BCUT2D eigenvalue weighted by Crippen LogP contribution is -2.43. The lowest BCUT2D eigenvalue weighted by atomic mass is 9.96. The molecule has 7 heteroatoms. The van der Waals surface area contributed by atoms with Crippen molar-refractivity contribution < 1.29 is 23.9 Å². The third kappa shape index (κ3) is 3.79. The summed E-state index contributed by atoms with van der Waals surface area (Å²) in [6.45, 7) is 6.21. The van der Waals surface area contributed by atoms with Gasteiger partial charge in [-0.15, -0.1) is 0 Å². The number of nitrogens with zero attached hydrogens (tertiary/aromatic N) is 2. The fourth-order valence-electron chi connectivity index (χ4n) is 4.19. The SMILES string of the molecule is CC(C)[C@H]1COC(=O)N1C(=O)[C@@H](C)c1ccc(CCN2C(=O)c3ccccc3C2=O)cc1. The molecule has 2 heterocycles. The van der Waals surface area contributed by atoms with Crippen LogP contribution in [0.2, 0.25) is 0 Å². The lowest BCUT2D eigenvalue weighted by Gasteiger charge is -2.25. The summed E-state index contributed by atoms with van der Waals surface area (Å²) in [7, 11) is 0. The van der Waals surface area contributed by atoms with Gasteiger partial charge in [-0.1, -0.05) is 50.2 Å². The Kier molecular flexibility index (Phi) is 5.82. The van der Waals surface area contributed by atoms with Gasteiger partial charge in [0.25, 0.3) is 11.8 Å². The number of imide groups is 2. The van der Waals surface area contributed by atoms with E-state index in [1.54, 1.807) is 31.2 Å². The first kappa shape index (κ1) is 21.7. The topological polar surface area (TPSA) is 84.0 Å². The van der Waals surface area contributed by atoms with E-state index in [1.165, 1.54) is 9.80 Å². The molecular formula is C25H26N2O5. The van der Waals surface area contributed by atoms with Crippen molar-refractivity contribution >= 4 is 23.8 Å². The van der Waals surface area contributed by atoms with Crippen molar-refractivity contribution in [2.45, 2.75) is 39.2 Å². The van der Waals surface area contributed by atoms with Crippen LogP contribution in [-0.2, 0) is 16.0 Å². The quantitative estimate of drug-likeness (QED) is 0.649. The summed E-state index contributed by atoms with van der Waals surface area (Å²) in [4.78, 5) is 52.6. The summed E-state index contributed by atoms with van der Waals surface area (Å²) < 4.78 is 5.09. The fraction of sp³-hybridized carbons (Fsp3) is 0.360. The average molecular weight is 434 g/mol.